The second-order valence-electron chi connectivity index (χ2n) is 4.29. The third-order valence-corrected chi connectivity index (χ3v) is 2.97. The van der Waals surface area contributed by atoms with Crippen molar-refractivity contribution in [1.82, 2.24) is 4.98 Å². The number of benzene rings is 1. The minimum absolute atomic E-state index is 0.0713. The fourth-order valence-electron chi connectivity index (χ4n) is 1.79. The van der Waals surface area contributed by atoms with Crippen molar-refractivity contribution in [2.45, 2.75) is 19.9 Å². The normalized spacial score (nSPS) is 12.2. The molecule has 1 heterocycles. The van der Waals surface area contributed by atoms with Crippen LogP contribution in [-0.2, 0) is 0 Å². The lowest BCUT2D eigenvalue weighted by Gasteiger charge is -2.16. The summed E-state index contributed by atoms with van der Waals surface area (Å²) >= 11 is 5.93. The molecule has 2 N–H and O–H groups in total. The topological polar surface area (TPSA) is 45.2 Å². The molecule has 4 heteroatoms. The van der Waals surface area contributed by atoms with Gasteiger partial charge in [-0.25, -0.2) is 4.98 Å². The van der Waals surface area contributed by atoms with Crippen molar-refractivity contribution in [3.8, 4) is 5.75 Å². The van der Waals surface area contributed by atoms with Crippen molar-refractivity contribution in [2.24, 2.45) is 0 Å². The van der Waals surface area contributed by atoms with Crippen LogP contribution >= 0.6 is 11.6 Å². The monoisotopic (exact) mass is 262 g/mol. The average molecular weight is 263 g/mol. The highest BCUT2D eigenvalue weighted by molar-refractivity contribution is 6.30. The molecule has 0 amide bonds. The van der Waals surface area contributed by atoms with E-state index in [9.17, 15) is 5.11 Å². The summed E-state index contributed by atoms with van der Waals surface area (Å²) in [5.74, 6) is 1.01. The maximum atomic E-state index is 9.82. The van der Waals surface area contributed by atoms with E-state index in [-0.39, 0.29) is 11.8 Å². The Balaban J connectivity index is 2.21. The molecular formula is C14H15ClN2O. The number of phenols is 1. The van der Waals surface area contributed by atoms with Crippen LogP contribution in [0.25, 0.3) is 0 Å². The third kappa shape index (κ3) is 2.93. The zero-order chi connectivity index (χ0) is 13.1. The standard InChI is InChI=1S/C14H15ClN2O/c1-9-5-6-16-14(7-9)17-10(2)12-8-11(15)3-4-13(12)18/h3-8,10,18H,1-2H3,(H,16,17). The van der Waals surface area contributed by atoms with Crippen molar-refractivity contribution >= 4 is 17.4 Å². The van der Waals surface area contributed by atoms with Crippen LogP contribution in [0, 0.1) is 6.92 Å². The van der Waals surface area contributed by atoms with Crippen molar-refractivity contribution in [2.75, 3.05) is 5.32 Å². The van der Waals surface area contributed by atoms with Gasteiger partial charge in [0.05, 0.1) is 6.04 Å². The largest absolute Gasteiger partial charge is 0.508 e. The lowest BCUT2D eigenvalue weighted by atomic mass is 10.1. The van der Waals surface area contributed by atoms with Crippen LogP contribution in [0.5, 0.6) is 5.75 Å². The lowest BCUT2D eigenvalue weighted by molar-refractivity contribution is 0.465. The summed E-state index contributed by atoms with van der Waals surface area (Å²) < 4.78 is 0. The molecule has 18 heavy (non-hydrogen) atoms. The smallest absolute Gasteiger partial charge is 0.126 e. The minimum Gasteiger partial charge on any atom is -0.508 e. The van der Waals surface area contributed by atoms with Gasteiger partial charge in [-0.2, -0.15) is 0 Å². The van der Waals surface area contributed by atoms with Gasteiger partial charge in [0.1, 0.15) is 11.6 Å². The molecular weight excluding hydrogens is 248 g/mol. The minimum atomic E-state index is -0.0713. The Hall–Kier alpha value is -1.74. The van der Waals surface area contributed by atoms with Crippen molar-refractivity contribution in [3.63, 3.8) is 0 Å². The summed E-state index contributed by atoms with van der Waals surface area (Å²) in [5.41, 5.74) is 1.89. The summed E-state index contributed by atoms with van der Waals surface area (Å²) in [6.45, 7) is 3.96. The van der Waals surface area contributed by atoms with Gasteiger partial charge in [0, 0.05) is 16.8 Å². The van der Waals surface area contributed by atoms with E-state index in [2.05, 4.69) is 10.3 Å². The number of aromatic nitrogens is 1. The molecule has 94 valence electrons. The molecule has 0 aliphatic rings. The molecule has 0 radical (unpaired) electrons. The number of pyridine rings is 1. The summed E-state index contributed by atoms with van der Waals surface area (Å²) in [7, 11) is 0. The van der Waals surface area contributed by atoms with E-state index in [4.69, 9.17) is 11.6 Å². The van der Waals surface area contributed by atoms with Crippen molar-refractivity contribution in [3.05, 3.63) is 52.7 Å². The predicted molar refractivity (Wildman–Crippen MR) is 74.1 cm³/mol. The van der Waals surface area contributed by atoms with Crippen LogP contribution in [0.15, 0.2) is 36.5 Å². The molecule has 0 fully saturated rings. The van der Waals surface area contributed by atoms with E-state index in [1.807, 2.05) is 26.0 Å². The number of hydrogen-bond donors (Lipinski definition) is 2. The zero-order valence-corrected chi connectivity index (χ0v) is 11.1. The summed E-state index contributed by atoms with van der Waals surface area (Å²) in [5, 5.41) is 13.7. The average Bonchev–Trinajstić information content (AvgIpc) is 2.32. The van der Waals surface area contributed by atoms with Crippen LogP contribution in [0.3, 0.4) is 0 Å². The number of hydrogen-bond acceptors (Lipinski definition) is 3. The first-order chi connectivity index (χ1) is 8.56. The number of nitrogens with one attached hydrogen (secondary N) is 1. The van der Waals surface area contributed by atoms with Crippen molar-refractivity contribution < 1.29 is 5.11 Å². The number of anilines is 1. The first kappa shape index (κ1) is 12.7. The molecule has 0 aliphatic heterocycles. The fourth-order valence-corrected chi connectivity index (χ4v) is 1.97. The highest BCUT2D eigenvalue weighted by Gasteiger charge is 2.11. The van der Waals surface area contributed by atoms with Crippen LogP contribution in [0.1, 0.15) is 24.1 Å². The molecule has 1 atom stereocenters. The maximum absolute atomic E-state index is 9.82. The summed E-state index contributed by atoms with van der Waals surface area (Å²) in [4.78, 5) is 4.23. The Morgan fingerprint density at radius 2 is 2.06 bits per heavy atom. The Labute approximate surface area is 111 Å². The first-order valence-electron chi connectivity index (χ1n) is 5.74. The number of aromatic hydroxyl groups is 1. The van der Waals surface area contributed by atoms with Crippen LogP contribution in [0.4, 0.5) is 5.82 Å². The zero-order valence-electron chi connectivity index (χ0n) is 10.3. The number of phenolic OH excluding ortho intramolecular Hbond substituents is 1. The van der Waals surface area contributed by atoms with E-state index in [1.54, 1.807) is 24.4 Å². The molecule has 0 bridgehead atoms. The Morgan fingerprint density at radius 1 is 1.28 bits per heavy atom. The van der Waals surface area contributed by atoms with Gasteiger partial charge in [0.15, 0.2) is 0 Å². The molecule has 2 rings (SSSR count). The summed E-state index contributed by atoms with van der Waals surface area (Å²) in [6.07, 6.45) is 1.75. The SMILES string of the molecule is Cc1ccnc(NC(C)c2cc(Cl)ccc2O)c1. The Kier molecular flexibility index (Phi) is 3.72. The second kappa shape index (κ2) is 5.27. The van der Waals surface area contributed by atoms with Gasteiger partial charge in [-0.15, -0.1) is 0 Å². The van der Waals surface area contributed by atoms with Gasteiger partial charge < -0.3 is 10.4 Å². The van der Waals surface area contributed by atoms with E-state index < -0.39 is 0 Å². The molecule has 2 aromatic rings. The van der Waals surface area contributed by atoms with Gasteiger partial charge in [0.25, 0.3) is 0 Å². The van der Waals surface area contributed by atoms with E-state index in [1.165, 1.54) is 0 Å². The predicted octanol–water partition coefficient (Wildman–Crippen LogP) is 3.92. The quantitative estimate of drug-likeness (QED) is 0.881. The number of rotatable bonds is 3. The molecule has 0 aliphatic carbocycles. The fraction of sp³-hybridized carbons (Fsp3) is 0.214. The molecule has 1 unspecified atom stereocenters. The van der Waals surface area contributed by atoms with Crippen LogP contribution in [-0.4, -0.2) is 10.1 Å². The number of aryl methyl sites for hydroxylation is 1. The highest BCUT2D eigenvalue weighted by Crippen LogP contribution is 2.29. The van der Waals surface area contributed by atoms with Gasteiger partial charge >= 0.3 is 0 Å². The Bertz CT molecular complexity index is 557. The maximum Gasteiger partial charge on any atom is 0.126 e. The second-order valence-corrected chi connectivity index (χ2v) is 4.72. The van der Waals surface area contributed by atoms with E-state index in [0.29, 0.717) is 5.02 Å². The first-order valence-corrected chi connectivity index (χ1v) is 6.11. The lowest BCUT2D eigenvalue weighted by Crippen LogP contribution is -2.08. The van der Waals surface area contributed by atoms with E-state index in [0.717, 1.165) is 16.9 Å². The molecule has 1 aromatic heterocycles. The van der Waals surface area contributed by atoms with Gasteiger partial charge in [-0.3, -0.25) is 0 Å². The van der Waals surface area contributed by atoms with Crippen LogP contribution in [0.2, 0.25) is 5.02 Å². The molecule has 0 saturated heterocycles. The third-order valence-electron chi connectivity index (χ3n) is 2.74. The van der Waals surface area contributed by atoms with E-state index >= 15 is 0 Å². The van der Waals surface area contributed by atoms with Gasteiger partial charge in [0.2, 0.25) is 0 Å². The van der Waals surface area contributed by atoms with Crippen molar-refractivity contribution in [1.29, 1.82) is 0 Å². The number of halogens is 1. The number of nitrogens with zero attached hydrogens (tertiary/aromatic N) is 1. The Morgan fingerprint density at radius 3 is 2.78 bits per heavy atom. The highest BCUT2D eigenvalue weighted by atomic mass is 35.5. The molecule has 1 aromatic carbocycles. The molecule has 3 nitrogen and oxygen atoms in total. The van der Waals surface area contributed by atoms with Gasteiger partial charge in [-0.05, 0) is 49.7 Å². The van der Waals surface area contributed by atoms with Gasteiger partial charge in [-0.1, -0.05) is 11.6 Å². The summed E-state index contributed by atoms with van der Waals surface area (Å²) in [6, 6.07) is 8.84. The molecule has 0 saturated carbocycles. The van der Waals surface area contributed by atoms with Crippen LogP contribution < -0.4 is 5.32 Å². The molecule has 0 spiro atoms.